The quantitative estimate of drug-likeness (QED) is 0.0747. The maximum atomic E-state index is 14.0. The van der Waals surface area contributed by atoms with Crippen LogP contribution in [0.25, 0.3) is 6.08 Å². The number of benzene rings is 4. The lowest BCUT2D eigenvalue weighted by atomic mass is 10.0. The van der Waals surface area contributed by atoms with Gasteiger partial charge in [0.05, 0.1) is 41.7 Å². The van der Waals surface area contributed by atoms with Crippen LogP contribution < -0.4 is 23.5 Å². The number of carbonyl (C=O) groups excluding carboxylic acids is 1. The number of ether oxygens (including phenoxy) is 4. The minimum Gasteiger partial charge on any atom is -0.493 e. The van der Waals surface area contributed by atoms with Crippen molar-refractivity contribution >= 4 is 19.7 Å². The van der Waals surface area contributed by atoms with E-state index in [2.05, 4.69) is 0 Å². The molecule has 0 aromatic heterocycles. The first-order valence-corrected chi connectivity index (χ1v) is 15.1. The topological polar surface area (TPSA) is 98.8 Å². The molecule has 0 unspecified atom stereocenters. The van der Waals surface area contributed by atoms with Crippen LogP contribution in [0.2, 0.25) is 0 Å². The van der Waals surface area contributed by atoms with Crippen LogP contribution in [0.15, 0.2) is 96.6 Å². The molecule has 0 saturated carbocycles. The van der Waals surface area contributed by atoms with E-state index >= 15 is 0 Å². The molecule has 0 aliphatic heterocycles. The summed E-state index contributed by atoms with van der Waals surface area (Å²) in [6.45, 7) is 1.68. The lowest BCUT2D eigenvalue weighted by molar-refractivity contribution is 0.103. The first kappa shape index (κ1) is 32.4. The van der Waals surface area contributed by atoms with Crippen LogP contribution in [-0.4, -0.2) is 34.2 Å². The highest BCUT2D eigenvalue weighted by Crippen LogP contribution is 2.53. The number of methoxy groups -OCH3 is 4. The van der Waals surface area contributed by atoms with Crippen molar-refractivity contribution in [3.8, 4) is 28.7 Å². The third-order valence-corrected chi connectivity index (χ3v) is 7.84. The van der Waals surface area contributed by atoms with Gasteiger partial charge in [0.15, 0.2) is 28.8 Å². The molecule has 0 radical (unpaired) electrons. The highest BCUT2D eigenvalue weighted by Gasteiger charge is 2.31. The largest absolute Gasteiger partial charge is 0.530 e. The van der Waals surface area contributed by atoms with E-state index in [0.717, 1.165) is 11.1 Å². The molecule has 0 aliphatic carbocycles. The van der Waals surface area contributed by atoms with Gasteiger partial charge in [0.1, 0.15) is 0 Å². The van der Waals surface area contributed by atoms with E-state index in [9.17, 15) is 9.36 Å². The van der Waals surface area contributed by atoms with Crippen molar-refractivity contribution in [2.75, 3.05) is 28.4 Å². The van der Waals surface area contributed by atoms with E-state index in [0.29, 0.717) is 39.7 Å². The molecule has 44 heavy (non-hydrogen) atoms. The van der Waals surface area contributed by atoms with Gasteiger partial charge in [-0.15, -0.1) is 0 Å². The fourth-order valence-electron chi connectivity index (χ4n) is 4.28. The summed E-state index contributed by atoms with van der Waals surface area (Å²) in [7, 11) is 1.77. The molecule has 10 heteroatoms. The van der Waals surface area contributed by atoms with Crippen molar-refractivity contribution in [1.29, 1.82) is 0 Å². The number of carbonyl (C=O) groups is 1. The number of ketones is 1. The Hall–Kier alpha value is -4.56. The van der Waals surface area contributed by atoms with Gasteiger partial charge in [0, 0.05) is 5.56 Å². The minimum absolute atomic E-state index is 0.00277. The second-order valence-corrected chi connectivity index (χ2v) is 11.1. The van der Waals surface area contributed by atoms with Crippen LogP contribution in [0.5, 0.6) is 28.7 Å². The third kappa shape index (κ3) is 8.29. The molecule has 9 nitrogen and oxygen atoms in total. The Morgan fingerprint density at radius 3 is 1.66 bits per heavy atom. The Morgan fingerprint density at radius 1 is 0.659 bits per heavy atom. The molecule has 0 atom stereocenters. The zero-order chi connectivity index (χ0) is 31.5. The second kappa shape index (κ2) is 15.3. The van der Waals surface area contributed by atoms with Crippen molar-refractivity contribution < 1.29 is 41.9 Å². The predicted molar refractivity (Wildman–Crippen MR) is 168 cm³/mol. The molecule has 4 aromatic rings. The highest BCUT2D eigenvalue weighted by molar-refractivity contribution is 7.48. The summed E-state index contributed by atoms with van der Waals surface area (Å²) in [6, 6.07) is 26.8. The van der Waals surface area contributed by atoms with E-state index in [1.807, 2.05) is 60.7 Å². The van der Waals surface area contributed by atoms with E-state index in [1.165, 1.54) is 28.4 Å². The molecule has 0 aliphatic rings. The average molecular weight is 619 g/mol. The Bertz CT molecular complexity index is 1560. The molecule has 0 amide bonds. The summed E-state index contributed by atoms with van der Waals surface area (Å²) in [6.07, 6.45) is 1.68. The van der Waals surface area contributed by atoms with Gasteiger partial charge in [-0.05, 0) is 59.5 Å². The maximum absolute atomic E-state index is 14.0. The number of phosphoric acid groups is 1. The number of hydrogen-bond acceptors (Lipinski definition) is 9. The predicted octanol–water partition coefficient (Wildman–Crippen LogP) is 7.93. The fraction of sp³-hybridized carbons (Fsp3) is 0.206. The summed E-state index contributed by atoms with van der Waals surface area (Å²) in [5.74, 6) is 1.29. The van der Waals surface area contributed by atoms with Crippen LogP contribution in [0.1, 0.15) is 34.0 Å². The van der Waals surface area contributed by atoms with Crippen LogP contribution in [0, 0.1) is 0 Å². The Kier molecular flexibility index (Phi) is 11.2. The Morgan fingerprint density at radius 2 is 1.18 bits per heavy atom. The summed E-state index contributed by atoms with van der Waals surface area (Å²) >= 11 is 0. The molecule has 0 bridgehead atoms. The van der Waals surface area contributed by atoms with E-state index < -0.39 is 7.82 Å². The number of allylic oxidation sites excluding steroid dienone is 1. The van der Waals surface area contributed by atoms with Gasteiger partial charge < -0.3 is 23.5 Å². The molecule has 4 rings (SSSR count). The van der Waals surface area contributed by atoms with Gasteiger partial charge >= 0.3 is 7.82 Å². The van der Waals surface area contributed by atoms with Gasteiger partial charge in [-0.3, -0.25) is 13.8 Å². The van der Waals surface area contributed by atoms with Gasteiger partial charge in [-0.1, -0.05) is 66.7 Å². The summed E-state index contributed by atoms with van der Waals surface area (Å²) < 4.78 is 53.1. The number of rotatable bonds is 15. The zero-order valence-electron chi connectivity index (χ0n) is 25.3. The molecular weight excluding hydrogens is 583 g/mol. The smallest absolute Gasteiger partial charge is 0.493 e. The molecule has 0 fully saturated rings. The molecule has 230 valence electrons. The standard InChI is InChI=1S/C34H35O9P/c1-24(33(35)28-20-31(38-3)34(40-5)32(21-28)39-4)18-27-16-17-29(37-2)30(19-27)43-44(36,41-22-25-12-8-6-9-13-25)42-23-26-14-10-7-11-15-26/h6-21H,22-23H2,1-5H3. The molecular formula is C34H35O9P. The average Bonchev–Trinajstić information content (AvgIpc) is 3.06. The van der Waals surface area contributed by atoms with E-state index in [1.54, 1.807) is 43.3 Å². The Balaban J connectivity index is 1.62. The maximum Gasteiger partial charge on any atom is 0.530 e. The normalized spacial score (nSPS) is 11.5. The van der Waals surface area contributed by atoms with Crippen LogP contribution in [-0.2, 0) is 26.8 Å². The van der Waals surface area contributed by atoms with Gasteiger partial charge in [-0.25, -0.2) is 4.57 Å². The lowest BCUT2D eigenvalue weighted by Crippen LogP contribution is -2.05. The third-order valence-electron chi connectivity index (χ3n) is 6.53. The molecule has 0 N–H and O–H groups in total. The summed E-state index contributed by atoms with van der Waals surface area (Å²) in [4.78, 5) is 13.4. The van der Waals surface area contributed by atoms with Gasteiger partial charge in [0.2, 0.25) is 5.75 Å². The first-order valence-electron chi connectivity index (χ1n) is 13.7. The number of hydrogen-bond donors (Lipinski definition) is 0. The van der Waals surface area contributed by atoms with Crippen LogP contribution in [0.4, 0.5) is 0 Å². The molecule has 0 saturated heterocycles. The van der Waals surface area contributed by atoms with Crippen LogP contribution >= 0.6 is 7.82 Å². The van der Waals surface area contributed by atoms with Gasteiger partial charge in [-0.2, -0.15) is 0 Å². The molecule has 0 heterocycles. The second-order valence-electron chi connectivity index (χ2n) is 9.54. The highest BCUT2D eigenvalue weighted by atomic mass is 31.2. The van der Waals surface area contributed by atoms with Crippen molar-refractivity contribution in [1.82, 2.24) is 0 Å². The summed E-state index contributed by atoms with van der Waals surface area (Å²) in [5.41, 5.74) is 2.95. The minimum atomic E-state index is -4.17. The van der Waals surface area contributed by atoms with E-state index in [4.69, 9.17) is 32.5 Å². The summed E-state index contributed by atoms with van der Waals surface area (Å²) in [5, 5.41) is 0. The molecule has 4 aromatic carbocycles. The molecule has 0 spiro atoms. The van der Waals surface area contributed by atoms with Crippen molar-refractivity contribution in [3.63, 3.8) is 0 Å². The monoisotopic (exact) mass is 618 g/mol. The lowest BCUT2D eigenvalue weighted by Gasteiger charge is -2.20. The van der Waals surface area contributed by atoms with Crippen molar-refractivity contribution in [3.05, 3.63) is 119 Å². The van der Waals surface area contributed by atoms with Crippen molar-refractivity contribution in [2.24, 2.45) is 0 Å². The van der Waals surface area contributed by atoms with Crippen molar-refractivity contribution in [2.45, 2.75) is 20.1 Å². The Labute approximate surface area is 257 Å². The number of Topliss-reactive ketones (excluding diaryl/α,β-unsaturated/α-hetero) is 1. The SMILES string of the molecule is COc1ccc(C=C(C)C(=O)c2cc(OC)c(OC)c(OC)c2)cc1OP(=O)(OCc1ccccc1)OCc1ccccc1. The number of phosphoric ester groups is 1. The fourth-order valence-corrected chi connectivity index (χ4v) is 5.45. The van der Waals surface area contributed by atoms with E-state index in [-0.39, 0.29) is 24.7 Å². The zero-order valence-corrected chi connectivity index (χ0v) is 26.2. The van der Waals surface area contributed by atoms with Gasteiger partial charge in [0.25, 0.3) is 0 Å². The van der Waals surface area contributed by atoms with Crippen LogP contribution in [0.3, 0.4) is 0 Å². The first-order chi connectivity index (χ1) is 21.3.